The van der Waals surface area contributed by atoms with Gasteiger partial charge in [0.1, 0.15) is 5.84 Å². The van der Waals surface area contributed by atoms with Crippen LogP contribution >= 0.6 is 0 Å². The summed E-state index contributed by atoms with van der Waals surface area (Å²) >= 11 is 0. The Labute approximate surface area is 55.2 Å². The van der Waals surface area contributed by atoms with E-state index in [4.69, 9.17) is 0 Å². The molecule has 0 aromatic carbocycles. The molecule has 0 heterocycles. The number of aliphatic imine (C=N–C) groups is 1. The second-order valence-corrected chi connectivity index (χ2v) is 1.38. The van der Waals surface area contributed by atoms with Gasteiger partial charge in [-0.3, -0.25) is 10.4 Å². The van der Waals surface area contributed by atoms with E-state index in [1.54, 1.807) is 7.05 Å². The van der Waals surface area contributed by atoms with Crippen LogP contribution < -0.4 is 5.43 Å². The first-order valence-electron chi connectivity index (χ1n) is 2.66. The van der Waals surface area contributed by atoms with E-state index in [0.717, 1.165) is 0 Å². The van der Waals surface area contributed by atoms with Crippen molar-refractivity contribution in [3.8, 4) is 0 Å². The third-order valence-corrected chi connectivity index (χ3v) is 0.759. The van der Waals surface area contributed by atoms with Crippen LogP contribution in [0, 0.1) is 0 Å². The van der Waals surface area contributed by atoms with Gasteiger partial charge in [-0.1, -0.05) is 6.08 Å². The zero-order valence-electron chi connectivity index (χ0n) is 5.76. The molecule has 0 aromatic rings. The molecule has 0 aliphatic carbocycles. The molecule has 0 aliphatic rings. The Bertz CT molecular complexity index is 135. The summed E-state index contributed by atoms with van der Waals surface area (Å²) < 4.78 is 0. The predicted octanol–water partition coefficient (Wildman–Crippen LogP) is 0.796. The summed E-state index contributed by atoms with van der Waals surface area (Å²) in [4.78, 5) is 3.85. The number of allylic oxidation sites excluding steroid dienone is 1. The number of hydrogen-bond acceptors (Lipinski definition) is 2. The summed E-state index contributed by atoms with van der Waals surface area (Å²) in [5.41, 5.74) is 2.61. The van der Waals surface area contributed by atoms with Crippen molar-refractivity contribution >= 4 is 12.6 Å². The molecule has 3 heteroatoms. The monoisotopic (exact) mass is 125 g/mol. The topological polar surface area (TPSA) is 36.8 Å². The zero-order chi connectivity index (χ0) is 7.11. The molecule has 0 radical (unpaired) electrons. The fourth-order valence-corrected chi connectivity index (χ4v) is 0.401. The quantitative estimate of drug-likeness (QED) is 0.331. The SMILES string of the molecule is C=NNC(/C=C/C)=NC. The Morgan fingerprint density at radius 3 is 2.67 bits per heavy atom. The van der Waals surface area contributed by atoms with Crippen molar-refractivity contribution in [3.63, 3.8) is 0 Å². The number of rotatable bonds is 2. The van der Waals surface area contributed by atoms with Crippen molar-refractivity contribution in [2.45, 2.75) is 6.92 Å². The first-order chi connectivity index (χ1) is 4.35. The van der Waals surface area contributed by atoms with Crippen molar-refractivity contribution < 1.29 is 0 Å². The van der Waals surface area contributed by atoms with Crippen LogP contribution in [0.5, 0.6) is 0 Å². The fourth-order valence-electron chi connectivity index (χ4n) is 0.401. The van der Waals surface area contributed by atoms with Crippen LogP contribution in [0.4, 0.5) is 0 Å². The highest BCUT2D eigenvalue weighted by atomic mass is 15.3. The summed E-state index contributed by atoms with van der Waals surface area (Å²) in [7, 11) is 1.69. The highest BCUT2D eigenvalue weighted by Gasteiger charge is 1.82. The van der Waals surface area contributed by atoms with Gasteiger partial charge in [0.2, 0.25) is 0 Å². The minimum atomic E-state index is 0.715. The molecular formula is C6H11N3. The Kier molecular flexibility index (Phi) is 4.40. The predicted molar refractivity (Wildman–Crippen MR) is 40.9 cm³/mol. The summed E-state index contributed by atoms with van der Waals surface area (Å²) in [6, 6.07) is 0. The van der Waals surface area contributed by atoms with E-state index < -0.39 is 0 Å². The van der Waals surface area contributed by atoms with E-state index in [2.05, 4.69) is 22.2 Å². The molecule has 0 spiro atoms. The molecule has 0 saturated carbocycles. The van der Waals surface area contributed by atoms with Gasteiger partial charge in [-0.25, -0.2) is 0 Å². The van der Waals surface area contributed by atoms with Gasteiger partial charge in [0, 0.05) is 13.8 Å². The first-order valence-corrected chi connectivity index (χ1v) is 2.66. The molecule has 0 bridgehead atoms. The molecule has 0 rings (SSSR count). The molecular weight excluding hydrogens is 114 g/mol. The van der Waals surface area contributed by atoms with E-state index in [0.29, 0.717) is 5.84 Å². The van der Waals surface area contributed by atoms with E-state index in [-0.39, 0.29) is 0 Å². The molecule has 3 nitrogen and oxygen atoms in total. The molecule has 50 valence electrons. The molecule has 0 fully saturated rings. The summed E-state index contributed by atoms with van der Waals surface area (Å²) in [5.74, 6) is 0.715. The van der Waals surface area contributed by atoms with Crippen molar-refractivity contribution in [2.24, 2.45) is 10.1 Å². The van der Waals surface area contributed by atoms with Crippen LogP contribution in [0.25, 0.3) is 0 Å². The largest absolute Gasteiger partial charge is 0.271 e. The Balaban J connectivity index is 3.84. The van der Waals surface area contributed by atoms with E-state index in [1.807, 2.05) is 19.1 Å². The smallest absolute Gasteiger partial charge is 0.140 e. The maximum Gasteiger partial charge on any atom is 0.140 e. The van der Waals surface area contributed by atoms with Gasteiger partial charge in [0.15, 0.2) is 0 Å². The standard InChI is InChI=1S/C6H11N3/c1-4-5-6(7-2)9-8-3/h4-5H,3H2,1-2H3,(H,7,9)/b5-4+. The number of amidine groups is 1. The summed E-state index contributed by atoms with van der Waals surface area (Å²) in [6.45, 7) is 5.17. The molecule has 0 aromatic heterocycles. The maximum atomic E-state index is 3.85. The van der Waals surface area contributed by atoms with E-state index >= 15 is 0 Å². The number of hydrazone groups is 1. The second kappa shape index (κ2) is 5.03. The number of nitrogens with zero attached hydrogens (tertiary/aromatic N) is 2. The Hall–Kier alpha value is -1.12. The highest BCUT2D eigenvalue weighted by Crippen LogP contribution is 1.74. The Morgan fingerprint density at radius 1 is 1.67 bits per heavy atom. The minimum Gasteiger partial charge on any atom is -0.271 e. The van der Waals surface area contributed by atoms with Crippen LogP contribution in [-0.4, -0.2) is 19.6 Å². The molecule has 0 amide bonds. The van der Waals surface area contributed by atoms with Crippen molar-refractivity contribution in [1.29, 1.82) is 0 Å². The third kappa shape index (κ3) is 3.46. The zero-order valence-corrected chi connectivity index (χ0v) is 5.76. The molecule has 0 saturated heterocycles. The van der Waals surface area contributed by atoms with Crippen LogP contribution in [0.1, 0.15) is 6.92 Å². The van der Waals surface area contributed by atoms with Crippen LogP contribution in [-0.2, 0) is 0 Å². The van der Waals surface area contributed by atoms with Gasteiger partial charge >= 0.3 is 0 Å². The van der Waals surface area contributed by atoms with Gasteiger partial charge in [-0.05, 0) is 13.0 Å². The lowest BCUT2D eigenvalue weighted by Gasteiger charge is -1.94. The lowest BCUT2D eigenvalue weighted by molar-refractivity contribution is 1.04. The van der Waals surface area contributed by atoms with Crippen molar-refractivity contribution in [1.82, 2.24) is 5.43 Å². The maximum absolute atomic E-state index is 3.85. The van der Waals surface area contributed by atoms with Crippen LogP contribution in [0.3, 0.4) is 0 Å². The third-order valence-electron chi connectivity index (χ3n) is 0.759. The van der Waals surface area contributed by atoms with Crippen molar-refractivity contribution in [2.75, 3.05) is 7.05 Å². The lowest BCUT2D eigenvalue weighted by Crippen LogP contribution is -2.13. The fraction of sp³-hybridized carbons (Fsp3) is 0.333. The number of nitrogens with one attached hydrogen (secondary N) is 1. The Morgan fingerprint density at radius 2 is 2.33 bits per heavy atom. The summed E-state index contributed by atoms with van der Waals surface area (Å²) in [6.07, 6.45) is 3.69. The van der Waals surface area contributed by atoms with Crippen LogP contribution in [0.15, 0.2) is 22.2 Å². The van der Waals surface area contributed by atoms with Gasteiger partial charge in [0.05, 0.1) is 0 Å². The molecule has 9 heavy (non-hydrogen) atoms. The van der Waals surface area contributed by atoms with E-state index in [1.165, 1.54) is 0 Å². The summed E-state index contributed by atoms with van der Waals surface area (Å²) in [5, 5.41) is 3.44. The van der Waals surface area contributed by atoms with Gasteiger partial charge in [-0.2, -0.15) is 5.10 Å². The normalized spacial score (nSPS) is 12.0. The van der Waals surface area contributed by atoms with Crippen molar-refractivity contribution in [3.05, 3.63) is 12.2 Å². The average Bonchev–Trinajstić information content (AvgIpc) is 1.88. The molecule has 0 aliphatic heterocycles. The molecule has 0 unspecified atom stereocenters. The van der Waals surface area contributed by atoms with Gasteiger partial charge < -0.3 is 0 Å². The average molecular weight is 125 g/mol. The first kappa shape index (κ1) is 7.88. The highest BCUT2D eigenvalue weighted by molar-refractivity contribution is 5.92. The molecule has 1 N–H and O–H groups in total. The minimum absolute atomic E-state index is 0.715. The van der Waals surface area contributed by atoms with Gasteiger partial charge in [-0.15, -0.1) is 0 Å². The van der Waals surface area contributed by atoms with Gasteiger partial charge in [0.25, 0.3) is 0 Å². The lowest BCUT2D eigenvalue weighted by atomic mass is 10.5. The van der Waals surface area contributed by atoms with Crippen LogP contribution in [0.2, 0.25) is 0 Å². The van der Waals surface area contributed by atoms with E-state index in [9.17, 15) is 0 Å². The second-order valence-electron chi connectivity index (χ2n) is 1.38. The molecule has 0 atom stereocenters. The number of hydrogen-bond donors (Lipinski definition) is 1.